The van der Waals surface area contributed by atoms with Gasteiger partial charge >= 0.3 is 0 Å². The van der Waals surface area contributed by atoms with Crippen molar-refractivity contribution in [3.8, 4) is 0 Å². The van der Waals surface area contributed by atoms with Crippen LogP contribution in [0.3, 0.4) is 0 Å². The van der Waals surface area contributed by atoms with Gasteiger partial charge < -0.3 is 14.8 Å². The maximum Gasteiger partial charge on any atom is 0.203 e. The van der Waals surface area contributed by atoms with E-state index >= 15 is 0 Å². The quantitative estimate of drug-likeness (QED) is 0.697. The highest BCUT2D eigenvalue weighted by Crippen LogP contribution is 2.10. The first-order valence-electron chi connectivity index (χ1n) is 7.52. The number of aromatic nitrogens is 2. The molecule has 0 saturated heterocycles. The number of hydrogen-bond acceptors (Lipinski definition) is 3. The molecule has 0 fully saturated rings. The number of aryl methyl sites for hydroxylation is 2. The van der Waals surface area contributed by atoms with Crippen molar-refractivity contribution in [2.75, 3.05) is 25.5 Å². The van der Waals surface area contributed by atoms with Gasteiger partial charge in [-0.05, 0) is 53.6 Å². The van der Waals surface area contributed by atoms with E-state index in [0.717, 1.165) is 31.2 Å². The fourth-order valence-electron chi connectivity index (χ4n) is 2.00. The molecule has 0 radical (unpaired) electrons. The molecule has 4 nitrogen and oxygen atoms in total. The van der Waals surface area contributed by atoms with Gasteiger partial charge in [-0.3, -0.25) is 0 Å². The van der Waals surface area contributed by atoms with E-state index in [4.69, 9.17) is 0 Å². The summed E-state index contributed by atoms with van der Waals surface area (Å²) in [7, 11) is 2.19. The van der Waals surface area contributed by atoms with Crippen LogP contribution in [0.25, 0.3) is 0 Å². The van der Waals surface area contributed by atoms with E-state index in [2.05, 4.69) is 60.7 Å². The Morgan fingerprint density at radius 3 is 2.74 bits per heavy atom. The summed E-state index contributed by atoms with van der Waals surface area (Å²) in [5, 5.41) is 3.39. The smallest absolute Gasteiger partial charge is 0.203 e. The van der Waals surface area contributed by atoms with Gasteiger partial charge in [-0.25, -0.2) is 4.98 Å². The minimum absolute atomic E-state index is 0.636. The summed E-state index contributed by atoms with van der Waals surface area (Å²) in [6.07, 6.45) is 5.71. The van der Waals surface area contributed by atoms with Crippen molar-refractivity contribution in [2.24, 2.45) is 0 Å². The zero-order valence-electron chi connectivity index (χ0n) is 13.2. The summed E-state index contributed by atoms with van der Waals surface area (Å²) < 4.78 is 2.25. The fourth-order valence-corrected chi connectivity index (χ4v) is 2.00. The second-order valence-corrected chi connectivity index (χ2v) is 5.61. The van der Waals surface area contributed by atoms with E-state index in [9.17, 15) is 0 Å². The summed E-state index contributed by atoms with van der Waals surface area (Å²) in [6, 6.07) is 0.636. The van der Waals surface area contributed by atoms with Gasteiger partial charge in [0.1, 0.15) is 0 Å². The number of imidazole rings is 1. The van der Waals surface area contributed by atoms with Gasteiger partial charge in [-0.2, -0.15) is 0 Å². The van der Waals surface area contributed by atoms with Gasteiger partial charge in [-0.1, -0.05) is 6.92 Å². The molecular weight excluding hydrogens is 236 g/mol. The second kappa shape index (κ2) is 8.20. The first-order valence-corrected chi connectivity index (χ1v) is 7.52. The van der Waals surface area contributed by atoms with Crippen LogP contribution in [-0.4, -0.2) is 40.6 Å². The Hall–Kier alpha value is -1.03. The average molecular weight is 266 g/mol. The number of nitrogens with zero attached hydrogens (tertiary/aromatic N) is 3. The molecule has 1 heterocycles. The van der Waals surface area contributed by atoms with E-state index in [-0.39, 0.29) is 0 Å². The number of anilines is 1. The van der Waals surface area contributed by atoms with Crippen molar-refractivity contribution < 1.29 is 0 Å². The van der Waals surface area contributed by atoms with Gasteiger partial charge in [0.15, 0.2) is 0 Å². The molecule has 1 N–H and O–H groups in total. The van der Waals surface area contributed by atoms with Crippen LogP contribution in [0.2, 0.25) is 0 Å². The molecule has 0 spiro atoms. The van der Waals surface area contributed by atoms with Gasteiger partial charge in [-0.15, -0.1) is 0 Å². The van der Waals surface area contributed by atoms with Gasteiger partial charge in [0.25, 0.3) is 0 Å². The molecule has 0 aliphatic carbocycles. The Kier molecular flexibility index (Phi) is 6.92. The molecule has 1 rings (SSSR count). The van der Waals surface area contributed by atoms with Crippen LogP contribution in [0, 0.1) is 6.92 Å². The molecule has 0 amide bonds. The molecule has 1 aromatic rings. The standard InChI is InChI=1S/C15H30N4/c1-6-9-16-15-17-14(4)12-19(15)11-8-7-10-18(5)13(2)3/h12-13H,6-11H2,1-5H3,(H,16,17). The summed E-state index contributed by atoms with van der Waals surface area (Å²) in [5.41, 5.74) is 1.10. The Morgan fingerprint density at radius 2 is 2.11 bits per heavy atom. The van der Waals surface area contributed by atoms with Crippen molar-refractivity contribution in [1.82, 2.24) is 14.5 Å². The van der Waals surface area contributed by atoms with E-state index in [1.54, 1.807) is 0 Å². The van der Waals surface area contributed by atoms with E-state index in [1.165, 1.54) is 19.4 Å². The molecule has 1 aromatic heterocycles. The van der Waals surface area contributed by atoms with Crippen molar-refractivity contribution in [2.45, 2.75) is 59.5 Å². The molecule has 0 saturated carbocycles. The lowest BCUT2D eigenvalue weighted by atomic mass is 10.2. The highest BCUT2D eigenvalue weighted by atomic mass is 15.2. The van der Waals surface area contributed by atoms with Gasteiger partial charge in [0.2, 0.25) is 5.95 Å². The largest absolute Gasteiger partial charge is 0.356 e. The van der Waals surface area contributed by atoms with Crippen molar-refractivity contribution in [3.63, 3.8) is 0 Å². The third kappa shape index (κ3) is 5.64. The Labute approximate surface area is 118 Å². The summed E-state index contributed by atoms with van der Waals surface area (Å²) in [5.74, 6) is 1.02. The molecule has 0 aromatic carbocycles. The normalized spacial score (nSPS) is 11.5. The zero-order chi connectivity index (χ0) is 14.3. The molecular formula is C15H30N4. The Balaban J connectivity index is 2.36. The van der Waals surface area contributed by atoms with Crippen LogP contribution in [0.4, 0.5) is 5.95 Å². The van der Waals surface area contributed by atoms with Crippen LogP contribution in [0.5, 0.6) is 0 Å². The zero-order valence-corrected chi connectivity index (χ0v) is 13.2. The van der Waals surface area contributed by atoms with Crippen molar-refractivity contribution in [1.29, 1.82) is 0 Å². The number of rotatable bonds is 9. The van der Waals surface area contributed by atoms with Crippen molar-refractivity contribution in [3.05, 3.63) is 11.9 Å². The third-order valence-electron chi connectivity index (χ3n) is 3.47. The molecule has 110 valence electrons. The van der Waals surface area contributed by atoms with Gasteiger partial charge in [0.05, 0.1) is 5.69 Å². The lowest BCUT2D eigenvalue weighted by Gasteiger charge is -2.20. The number of hydrogen-bond donors (Lipinski definition) is 1. The monoisotopic (exact) mass is 266 g/mol. The highest BCUT2D eigenvalue weighted by molar-refractivity contribution is 5.28. The Morgan fingerprint density at radius 1 is 1.37 bits per heavy atom. The predicted octanol–water partition coefficient (Wildman–Crippen LogP) is 3.13. The molecule has 4 heteroatoms. The van der Waals surface area contributed by atoms with E-state index in [1.807, 2.05) is 0 Å². The Bertz CT molecular complexity index is 357. The van der Waals surface area contributed by atoms with Crippen molar-refractivity contribution >= 4 is 5.95 Å². The molecule has 0 aliphatic heterocycles. The van der Waals surface area contributed by atoms with Crippen LogP contribution >= 0.6 is 0 Å². The van der Waals surface area contributed by atoms with Crippen LogP contribution in [0.1, 0.15) is 45.7 Å². The lowest BCUT2D eigenvalue weighted by Crippen LogP contribution is -2.27. The fraction of sp³-hybridized carbons (Fsp3) is 0.800. The average Bonchev–Trinajstić information content (AvgIpc) is 2.72. The van der Waals surface area contributed by atoms with Crippen LogP contribution < -0.4 is 5.32 Å². The summed E-state index contributed by atoms with van der Waals surface area (Å²) in [6.45, 7) is 11.9. The minimum atomic E-state index is 0.636. The molecule has 0 aliphatic rings. The van der Waals surface area contributed by atoms with Crippen LogP contribution in [0.15, 0.2) is 6.20 Å². The molecule has 0 bridgehead atoms. The first kappa shape index (κ1) is 16.0. The highest BCUT2D eigenvalue weighted by Gasteiger charge is 2.05. The molecule has 0 unspecified atom stereocenters. The molecule has 19 heavy (non-hydrogen) atoms. The van der Waals surface area contributed by atoms with Gasteiger partial charge in [0, 0.05) is 25.3 Å². The second-order valence-electron chi connectivity index (χ2n) is 5.61. The lowest BCUT2D eigenvalue weighted by molar-refractivity contribution is 0.266. The minimum Gasteiger partial charge on any atom is -0.356 e. The number of unbranched alkanes of at least 4 members (excludes halogenated alkanes) is 1. The summed E-state index contributed by atoms with van der Waals surface area (Å²) in [4.78, 5) is 6.93. The SMILES string of the molecule is CCCNc1nc(C)cn1CCCCN(C)C(C)C. The topological polar surface area (TPSA) is 33.1 Å². The first-order chi connectivity index (χ1) is 9.04. The van der Waals surface area contributed by atoms with E-state index in [0.29, 0.717) is 6.04 Å². The predicted molar refractivity (Wildman–Crippen MR) is 82.7 cm³/mol. The number of nitrogens with one attached hydrogen (secondary N) is 1. The summed E-state index contributed by atoms with van der Waals surface area (Å²) >= 11 is 0. The maximum atomic E-state index is 4.53. The third-order valence-corrected chi connectivity index (χ3v) is 3.47. The maximum absolute atomic E-state index is 4.53. The van der Waals surface area contributed by atoms with Crippen LogP contribution in [-0.2, 0) is 6.54 Å². The van der Waals surface area contributed by atoms with E-state index < -0.39 is 0 Å². The molecule has 0 atom stereocenters.